The molecule has 0 aliphatic carbocycles. The maximum absolute atomic E-state index is 11.8. The summed E-state index contributed by atoms with van der Waals surface area (Å²) >= 11 is 1.27. The summed E-state index contributed by atoms with van der Waals surface area (Å²) in [5, 5.41) is 5.63. The Morgan fingerprint density at radius 1 is 1.52 bits per heavy atom. The maximum atomic E-state index is 11.8. The van der Waals surface area contributed by atoms with Crippen molar-refractivity contribution >= 4 is 23.4 Å². The highest BCUT2D eigenvalue weighted by Gasteiger charge is 2.17. The number of hydrogen-bond acceptors (Lipinski definition) is 5. The maximum Gasteiger partial charge on any atom is 0.441 e. The number of carbonyl (C=O) groups excluding carboxylic acids is 1. The van der Waals surface area contributed by atoms with Crippen LogP contribution in [-0.2, 0) is 11.8 Å². The molecule has 1 aromatic heterocycles. The molecule has 0 bridgehead atoms. The number of anilines is 1. The van der Waals surface area contributed by atoms with Gasteiger partial charge in [-0.25, -0.2) is 4.79 Å². The number of rotatable bonds is 6. The summed E-state index contributed by atoms with van der Waals surface area (Å²) in [7, 11) is 3.24. The summed E-state index contributed by atoms with van der Waals surface area (Å²) in [5.74, 6) is 1.03. The second-order valence-corrected chi connectivity index (χ2v) is 5.31. The van der Waals surface area contributed by atoms with Crippen LogP contribution < -0.4 is 20.4 Å². The highest BCUT2D eigenvalue weighted by molar-refractivity contribution is 7.99. The quantitative estimate of drug-likeness (QED) is 0.612. The van der Waals surface area contributed by atoms with E-state index in [2.05, 4.69) is 15.1 Å². The van der Waals surface area contributed by atoms with Crippen LogP contribution in [0.5, 0.6) is 5.75 Å². The largest absolute Gasteiger partial charge is 0.497 e. The van der Waals surface area contributed by atoms with Gasteiger partial charge in [0.15, 0.2) is 7.05 Å². The summed E-state index contributed by atoms with van der Waals surface area (Å²) < 4.78 is 11.2. The zero-order valence-corrected chi connectivity index (χ0v) is 12.5. The highest BCUT2D eigenvalue weighted by Crippen LogP contribution is 2.17. The summed E-state index contributed by atoms with van der Waals surface area (Å²) in [4.78, 5) is 23.2. The van der Waals surface area contributed by atoms with E-state index in [1.807, 2.05) is 0 Å². The van der Waals surface area contributed by atoms with E-state index >= 15 is 0 Å². The molecular weight excluding hydrogens is 294 g/mol. The van der Waals surface area contributed by atoms with Crippen LogP contribution in [0, 0.1) is 0 Å². The van der Waals surface area contributed by atoms with Crippen molar-refractivity contribution in [3.05, 3.63) is 34.7 Å². The molecule has 0 aliphatic rings. The number of H-pyrrole nitrogens is 1. The second-order valence-electron chi connectivity index (χ2n) is 4.22. The highest BCUT2D eigenvalue weighted by atomic mass is 32.2. The molecule has 0 atom stereocenters. The Morgan fingerprint density at radius 3 is 3.00 bits per heavy atom. The first kappa shape index (κ1) is 15.2. The first-order chi connectivity index (χ1) is 10.1. The number of hydrogen-bond donors (Lipinski definition) is 2. The number of ether oxygens (including phenoxy) is 1. The number of nitrogens with zero attached hydrogens (tertiary/aromatic N) is 1. The van der Waals surface area contributed by atoms with Crippen LogP contribution in [0.3, 0.4) is 0 Å². The Labute approximate surface area is 125 Å². The molecule has 0 saturated heterocycles. The summed E-state index contributed by atoms with van der Waals surface area (Å²) in [5.41, 5.74) is 0.242. The fourth-order valence-electron chi connectivity index (χ4n) is 1.65. The molecule has 112 valence electrons. The Bertz CT molecular complexity index is 680. The smallest absolute Gasteiger partial charge is 0.441 e. The van der Waals surface area contributed by atoms with Crippen molar-refractivity contribution in [2.45, 2.75) is 11.4 Å². The van der Waals surface area contributed by atoms with Crippen molar-refractivity contribution in [1.82, 2.24) is 5.27 Å². The molecule has 2 rings (SSSR count). The molecule has 2 aromatic rings. The lowest BCUT2D eigenvalue weighted by Gasteiger charge is -2.06. The lowest BCUT2D eigenvalue weighted by molar-refractivity contribution is -0.772. The number of methoxy groups -OCH3 is 1. The summed E-state index contributed by atoms with van der Waals surface area (Å²) in [6, 6.07) is 7.13. The minimum Gasteiger partial charge on any atom is -0.497 e. The number of aryl methyl sites for hydroxylation is 1. The monoisotopic (exact) mass is 310 g/mol. The average molecular weight is 310 g/mol. The summed E-state index contributed by atoms with van der Waals surface area (Å²) in [6.45, 7) is 0. The van der Waals surface area contributed by atoms with Crippen LogP contribution in [0.15, 0.2) is 38.6 Å². The van der Waals surface area contributed by atoms with Gasteiger partial charge < -0.3 is 10.1 Å². The van der Waals surface area contributed by atoms with Crippen molar-refractivity contribution in [1.29, 1.82) is 0 Å². The van der Waals surface area contributed by atoms with Crippen molar-refractivity contribution in [3.8, 4) is 5.75 Å². The molecule has 0 saturated carbocycles. The van der Waals surface area contributed by atoms with Crippen LogP contribution in [-0.4, -0.2) is 24.0 Å². The lowest BCUT2D eigenvalue weighted by atomic mass is 10.3. The van der Waals surface area contributed by atoms with E-state index in [1.165, 1.54) is 16.4 Å². The first-order valence-corrected chi connectivity index (χ1v) is 7.23. The Kier molecular flexibility index (Phi) is 5.04. The minimum absolute atomic E-state index is 0.127. The number of aromatic amines is 1. The van der Waals surface area contributed by atoms with Crippen LogP contribution in [0.1, 0.15) is 6.42 Å². The first-order valence-electron chi connectivity index (χ1n) is 6.24. The van der Waals surface area contributed by atoms with E-state index < -0.39 is 5.63 Å². The number of nitrogens with one attached hydrogen (secondary N) is 2. The van der Waals surface area contributed by atoms with Gasteiger partial charge in [-0.15, -0.1) is 0 Å². The topological polar surface area (TPSA) is 88.2 Å². The SMILES string of the molecule is COc1cccc(NC(=O)CCSc2c(=O)o[nH][n+]2C)c1. The second kappa shape index (κ2) is 6.98. The van der Waals surface area contributed by atoms with E-state index in [0.29, 0.717) is 22.2 Å². The van der Waals surface area contributed by atoms with Crippen LogP contribution >= 0.6 is 11.8 Å². The standard InChI is InChI=1S/C13H15N3O4S/c1-16-12(13(18)20-15-16)21-7-6-11(17)14-9-4-3-5-10(8-9)19-2/h3-5,8H,6-7H2,1-2H3,(H-,14,15,17,18)/p+1. The molecule has 1 heterocycles. The summed E-state index contributed by atoms with van der Waals surface area (Å²) in [6.07, 6.45) is 0.284. The number of aromatic nitrogens is 2. The fraction of sp³-hybridized carbons (Fsp3) is 0.308. The van der Waals surface area contributed by atoms with E-state index in [9.17, 15) is 9.59 Å². The molecule has 2 N–H and O–H groups in total. The molecule has 1 amide bonds. The molecule has 0 radical (unpaired) electrons. The predicted octanol–water partition coefficient (Wildman–Crippen LogP) is 0.922. The fourth-order valence-corrected chi connectivity index (χ4v) is 2.52. The van der Waals surface area contributed by atoms with Crippen LogP contribution in [0.2, 0.25) is 0 Å². The third-order valence-corrected chi connectivity index (χ3v) is 3.80. The van der Waals surface area contributed by atoms with Gasteiger partial charge in [0.05, 0.1) is 7.11 Å². The van der Waals surface area contributed by atoms with Gasteiger partial charge in [0.25, 0.3) is 0 Å². The zero-order chi connectivity index (χ0) is 15.2. The third kappa shape index (κ3) is 4.12. The predicted molar refractivity (Wildman–Crippen MR) is 77.5 cm³/mol. The third-order valence-electron chi connectivity index (χ3n) is 2.68. The molecule has 8 heteroatoms. The van der Waals surface area contributed by atoms with E-state index in [-0.39, 0.29) is 12.3 Å². The van der Waals surface area contributed by atoms with Crippen molar-refractivity contribution in [2.75, 3.05) is 18.2 Å². The van der Waals surface area contributed by atoms with Crippen molar-refractivity contribution in [3.63, 3.8) is 0 Å². The normalized spacial score (nSPS) is 10.4. The van der Waals surface area contributed by atoms with E-state index in [4.69, 9.17) is 4.74 Å². The number of benzene rings is 1. The molecule has 0 spiro atoms. The van der Waals surface area contributed by atoms with Gasteiger partial charge in [0.2, 0.25) is 5.91 Å². The Balaban J connectivity index is 1.83. The number of amides is 1. The average Bonchev–Trinajstić information content (AvgIpc) is 2.79. The minimum atomic E-state index is -0.435. The molecule has 1 aromatic carbocycles. The van der Waals surface area contributed by atoms with E-state index in [1.54, 1.807) is 38.4 Å². The van der Waals surface area contributed by atoms with Crippen molar-refractivity contribution in [2.24, 2.45) is 7.05 Å². The molecular formula is C13H16N3O4S+. The van der Waals surface area contributed by atoms with Crippen LogP contribution in [0.4, 0.5) is 5.69 Å². The molecule has 0 aliphatic heterocycles. The van der Waals surface area contributed by atoms with Gasteiger partial charge in [0, 0.05) is 23.9 Å². The van der Waals surface area contributed by atoms with Gasteiger partial charge in [-0.3, -0.25) is 9.32 Å². The Hall–Kier alpha value is -2.22. The van der Waals surface area contributed by atoms with Gasteiger partial charge in [-0.2, -0.15) is 0 Å². The number of carbonyl (C=O) groups is 1. The molecule has 7 nitrogen and oxygen atoms in total. The van der Waals surface area contributed by atoms with Crippen molar-refractivity contribution < 1.29 is 18.7 Å². The van der Waals surface area contributed by atoms with Gasteiger partial charge in [0.1, 0.15) is 5.75 Å². The van der Waals surface area contributed by atoms with Crippen LogP contribution in [0.25, 0.3) is 0 Å². The molecule has 0 unspecified atom stereocenters. The number of thioether (sulfide) groups is 1. The van der Waals surface area contributed by atoms with E-state index in [0.717, 1.165) is 0 Å². The zero-order valence-electron chi connectivity index (χ0n) is 11.7. The Morgan fingerprint density at radius 2 is 2.33 bits per heavy atom. The molecule has 21 heavy (non-hydrogen) atoms. The lowest BCUT2D eigenvalue weighted by Crippen LogP contribution is -2.33. The molecule has 0 fully saturated rings. The van der Waals surface area contributed by atoms with Gasteiger partial charge in [-0.1, -0.05) is 10.7 Å². The van der Waals surface area contributed by atoms with Gasteiger partial charge >= 0.3 is 10.7 Å². The van der Waals surface area contributed by atoms with Gasteiger partial charge in [-0.05, 0) is 29.2 Å².